The zero-order chi connectivity index (χ0) is 15.4. The molecule has 0 saturated carbocycles. The Balaban J connectivity index is 2.27. The van der Waals surface area contributed by atoms with Crippen LogP contribution in [0.15, 0.2) is 24.4 Å². The zero-order valence-electron chi connectivity index (χ0n) is 11.3. The molecule has 0 aliphatic carbocycles. The van der Waals surface area contributed by atoms with Crippen LogP contribution >= 0.6 is 11.6 Å². The number of esters is 1. The number of carbonyl (C=O) groups is 1. The molecule has 1 aromatic heterocycles. The number of nitrogens with zero attached hydrogens (tertiary/aromatic N) is 2. The van der Waals surface area contributed by atoms with Crippen LogP contribution in [0.3, 0.4) is 0 Å². The molecule has 0 aliphatic heterocycles. The van der Waals surface area contributed by atoms with Crippen molar-refractivity contribution in [3.63, 3.8) is 0 Å². The lowest BCUT2D eigenvalue weighted by Crippen LogP contribution is -2.12. The first-order valence-corrected chi connectivity index (χ1v) is 6.62. The molecule has 2 aromatic rings. The van der Waals surface area contributed by atoms with E-state index in [9.17, 15) is 9.18 Å². The molecule has 5 nitrogen and oxygen atoms in total. The molecule has 0 spiro atoms. The van der Waals surface area contributed by atoms with Crippen LogP contribution in [-0.4, -0.2) is 22.5 Å². The van der Waals surface area contributed by atoms with E-state index in [1.54, 1.807) is 13.0 Å². The molecule has 0 radical (unpaired) electrons. The van der Waals surface area contributed by atoms with Crippen LogP contribution in [0, 0.1) is 5.82 Å². The molecule has 0 bridgehead atoms. The normalized spacial score (nSPS) is 10.4. The van der Waals surface area contributed by atoms with Crippen molar-refractivity contribution >= 4 is 23.4 Å². The van der Waals surface area contributed by atoms with E-state index < -0.39 is 11.8 Å². The van der Waals surface area contributed by atoms with Crippen molar-refractivity contribution < 1.29 is 13.9 Å². The number of aromatic nitrogens is 2. The van der Waals surface area contributed by atoms with Crippen molar-refractivity contribution in [3.8, 4) is 0 Å². The van der Waals surface area contributed by atoms with Gasteiger partial charge in [0, 0.05) is 23.2 Å². The number of anilines is 1. The summed E-state index contributed by atoms with van der Waals surface area (Å²) in [4.78, 5) is 19.6. The fraction of sp³-hybridized carbons (Fsp3) is 0.214. The summed E-state index contributed by atoms with van der Waals surface area (Å²) in [7, 11) is 0. The number of halogens is 2. The number of nitrogens with two attached hydrogens (primary N) is 1. The quantitative estimate of drug-likeness (QED) is 0.878. The van der Waals surface area contributed by atoms with E-state index in [0.717, 1.165) is 0 Å². The van der Waals surface area contributed by atoms with Gasteiger partial charge in [0.15, 0.2) is 0 Å². The molecule has 110 valence electrons. The number of hydrogen-bond donors (Lipinski definition) is 1. The number of benzene rings is 1. The number of carbonyl (C=O) groups excluding carboxylic acids is 1. The van der Waals surface area contributed by atoms with E-state index in [1.807, 2.05) is 0 Å². The summed E-state index contributed by atoms with van der Waals surface area (Å²) in [5, 5.41) is 0.284. The Labute approximate surface area is 125 Å². The maximum atomic E-state index is 13.7. The molecule has 0 fully saturated rings. The SMILES string of the molecule is CCOC(=O)c1cnc(Cc2c(F)cccc2Cl)nc1N. The fourth-order valence-electron chi connectivity index (χ4n) is 1.74. The molecule has 1 aromatic carbocycles. The van der Waals surface area contributed by atoms with Crippen LogP contribution in [0.1, 0.15) is 28.7 Å². The van der Waals surface area contributed by atoms with Crippen molar-refractivity contribution in [1.29, 1.82) is 0 Å². The lowest BCUT2D eigenvalue weighted by Gasteiger charge is -2.08. The van der Waals surface area contributed by atoms with Gasteiger partial charge in [-0.05, 0) is 19.1 Å². The van der Waals surface area contributed by atoms with Crippen LogP contribution in [0.25, 0.3) is 0 Å². The maximum Gasteiger partial charge on any atom is 0.343 e. The van der Waals surface area contributed by atoms with Gasteiger partial charge in [-0.25, -0.2) is 19.2 Å². The van der Waals surface area contributed by atoms with Crippen molar-refractivity contribution in [3.05, 3.63) is 52.2 Å². The molecule has 0 aliphatic rings. The summed E-state index contributed by atoms with van der Waals surface area (Å²) in [5.41, 5.74) is 6.07. The van der Waals surface area contributed by atoms with Crippen LogP contribution in [-0.2, 0) is 11.2 Å². The first-order chi connectivity index (χ1) is 10.0. The minimum atomic E-state index is -0.592. The average molecular weight is 310 g/mol. The number of ether oxygens (including phenoxy) is 1. The second-order valence-corrected chi connectivity index (χ2v) is 4.59. The van der Waals surface area contributed by atoms with Crippen molar-refractivity contribution in [2.45, 2.75) is 13.3 Å². The summed E-state index contributed by atoms with van der Waals surface area (Å²) in [6.45, 7) is 1.91. The van der Waals surface area contributed by atoms with E-state index in [2.05, 4.69) is 9.97 Å². The third-order valence-electron chi connectivity index (χ3n) is 2.76. The zero-order valence-corrected chi connectivity index (χ0v) is 12.0. The summed E-state index contributed by atoms with van der Waals surface area (Å²) in [6.07, 6.45) is 1.35. The second-order valence-electron chi connectivity index (χ2n) is 4.18. The maximum absolute atomic E-state index is 13.7. The minimum absolute atomic E-state index is 0.00842. The lowest BCUT2D eigenvalue weighted by molar-refractivity contribution is 0.0526. The lowest BCUT2D eigenvalue weighted by atomic mass is 10.1. The van der Waals surface area contributed by atoms with Gasteiger partial charge in [-0.2, -0.15) is 0 Å². The summed E-state index contributed by atoms with van der Waals surface area (Å²) in [6, 6.07) is 4.40. The third kappa shape index (κ3) is 3.46. The van der Waals surface area contributed by atoms with Gasteiger partial charge in [0.25, 0.3) is 0 Å². The smallest absolute Gasteiger partial charge is 0.343 e. The van der Waals surface area contributed by atoms with E-state index in [4.69, 9.17) is 22.1 Å². The second kappa shape index (κ2) is 6.49. The van der Waals surface area contributed by atoms with Crippen molar-refractivity contribution in [2.24, 2.45) is 0 Å². The summed E-state index contributed by atoms with van der Waals surface area (Å²) < 4.78 is 18.5. The Kier molecular flexibility index (Phi) is 4.70. The van der Waals surface area contributed by atoms with Gasteiger partial charge in [-0.15, -0.1) is 0 Å². The summed E-state index contributed by atoms with van der Waals surface area (Å²) >= 11 is 5.94. The Morgan fingerprint density at radius 3 is 2.86 bits per heavy atom. The van der Waals surface area contributed by atoms with Gasteiger partial charge in [-0.3, -0.25) is 0 Å². The molecule has 2 rings (SSSR count). The Bertz CT molecular complexity index is 659. The predicted octanol–water partition coefficient (Wildman–Crippen LogP) is 2.62. The number of nitrogen functional groups attached to an aromatic ring is 1. The summed E-state index contributed by atoms with van der Waals surface area (Å²) in [5.74, 6) is -0.775. The first-order valence-electron chi connectivity index (χ1n) is 6.24. The molecule has 0 amide bonds. The van der Waals surface area contributed by atoms with Gasteiger partial charge < -0.3 is 10.5 Å². The molecule has 0 saturated heterocycles. The van der Waals surface area contributed by atoms with Crippen LogP contribution in [0.5, 0.6) is 0 Å². The predicted molar refractivity (Wildman–Crippen MR) is 76.6 cm³/mol. The number of rotatable bonds is 4. The monoisotopic (exact) mass is 309 g/mol. The average Bonchev–Trinajstić information content (AvgIpc) is 2.43. The topological polar surface area (TPSA) is 78.1 Å². The highest BCUT2D eigenvalue weighted by atomic mass is 35.5. The highest BCUT2D eigenvalue weighted by Gasteiger charge is 2.15. The van der Waals surface area contributed by atoms with Gasteiger partial charge in [-0.1, -0.05) is 17.7 Å². The minimum Gasteiger partial charge on any atom is -0.462 e. The van der Waals surface area contributed by atoms with Gasteiger partial charge in [0.05, 0.1) is 6.61 Å². The Morgan fingerprint density at radius 1 is 1.48 bits per heavy atom. The molecule has 2 N–H and O–H groups in total. The Hall–Kier alpha value is -2.21. The highest BCUT2D eigenvalue weighted by molar-refractivity contribution is 6.31. The van der Waals surface area contributed by atoms with Gasteiger partial charge in [0.2, 0.25) is 0 Å². The van der Waals surface area contributed by atoms with Crippen LogP contribution in [0.2, 0.25) is 5.02 Å². The van der Waals surface area contributed by atoms with Crippen LogP contribution < -0.4 is 5.73 Å². The Morgan fingerprint density at radius 2 is 2.24 bits per heavy atom. The molecular formula is C14H13ClFN3O2. The van der Waals surface area contributed by atoms with E-state index in [1.165, 1.54) is 18.3 Å². The van der Waals surface area contributed by atoms with Gasteiger partial charge in [0.1, 0.15) is 23.0 Å². The van der Waals surface area contributed by atoms with E-state index >= 15 is 0 Å². The molecule has 1 heterocycles. The third-order valence-corrected chi connectivity index (χ3v) is 3.11. The first kappa shape index (κ1) is 15.2. The molecule has 7 heteroatoms. The van der Waals surface area contributed by atoms with Crippen molar-refractivity contribution in [1.82, 2.24) is 9.97 Å². The molecule has 0 unspecified atom stereocenters. The van der Waals surface area contributed by atoms with Crippen molar-refractivity contribution in [2.75, 3.05) is 12.3 Å². The molecular weight excluding hydrogens is 297 g/mol. The largest absolute Gasteiger partial charge is 0.462 e. The fourth-order valence-corrected chi connectivity index (χ4v) is 1.97. The highest BCUT2D eigenvalue weighted by Crippen LogP contribution is 2.21. The molecule has 0 atom stereocenters. The van der Waals surface area contributed by atoms with Crippen LogP contribution in [0.4, 0.5) is 10.2 Å². The van der Waals surface area contributed by atoms with E-state index in [-0.39, 0.29) is 40.8 Å². The standard InChI is InChI=1S/C14H13ClFN3O2/c1-2-21-14(20)9-7-18-12(19-13(9)17)6-8-10(15)4-3-5-11(8)16/h3-5,7H,2,6H2,1H3,(H2,17,18,19). The molecule has 21 heavy (non-hydrogen) atoms. The van der Waals surface area contributed by atoms with E-state index in [0.29, 0.717) is 0 Å². The number of hydrogen-bond acceptors (Lipinski definition) is 5. The van der Waals surface area contributed by atoms with Gasteiger partial charge >= 0.3 is 5.97 Å².